The van der Waals surface area contributed by atoms with Crippen LogP contribution in [0.4, 0.5) is 11.4 Å². The fourth-order valence-electron chi connectivity index (χ4n) is 2.26. The molecule has 4 nitrogen and oxygen atoms in total. The van der Waals surface area contributed by atoms with Crippen LogP contribution in [0.2, 0.25) is 0 Å². The minimum atomic E-state index is 0.0970. The first-order valence-electron chi connectivity index (χ1n) is 6.62. The van der Waals surface area contributed by atoms with Gasteiger partial charge >= 0.3 is 0 Å². The fourth-order valence-corrected chi connectivity index (χ4v) is 2.26. The number of benzene rings is 1. The Labute approximate surface area is 108 Å². The van der Waals surface area contributed by atoms with Crippen LogP contribution in [0, 0.1) is 0 Å². The number of aryl methyl sites for hydroxylation is 1. The number of carbonyl (C=O) groups is 1. The van der Waals surface area contributed by atoms with Gasteiger partial charge in [0.05, 0.1) is 11.4 Å². The summed E-state index contributed by atoms with van der Waals surface area (Å²) in [5.41, 5.74) is 8.87. The summed E-state index contributed by atoms with van der Waals surface area (Å²) in [6.07, 6.45) is 2.47. The Morgan fingerprint density at radius 1 is 1.44 bits per heavy atom. The van der Waals surface area contributed by atoms with E-state index < -0.39 is 0 Å². The van der Waals surface area contributed by atoms with Crippen LogP contribution in [0.25, 0.3) is 0 Å². The number of rotatable bonds is 4. The van der Waals surface area contributed by atoms with Crippen molar-refractivity contribution in [1.29, 1.82) is 0 Å². The third kappa shape index (κ3) is 2.82. The highest BCUT2D eigenvalue weighted by molar-refractivity contribution is 5.96. The van der Waals surface area contributed by atoms with Crippen molar-refractivity contribution in [2.75, 3.05) is 29.9 Å². The van der Waals surface area contributed by atoms with Crippen molar-refractivity contribution in [3.8, 4) is 0 Å². The Bertz CT molecular complexity index is 431. The molecule has 0 fully saturated rings. The van der Waals surface area contributed by atoms with Crippen LogP contribution in [0.15, 0.2) is 18.2 Å². The highest BCUT2D eigenvalue weighted by atomic mass is 16.1. The van der Waals surface area contributed by atoms with Crippen LogP contribution < -0.4 is 16.0 Å². The Morgan fingerprint density at radius 2 is 2.28 bits per heavy atom. The third-order valence-electron chi connectivity index (χ3n) is 3.32. The number of anilines is 2. The van der Waals surface area contributed by atoms with Crippen LogP contribution in [0.3, 0.4) is 0 Å². The second kappa shape index (κ2) is 5.87. The Kier molecular flexibility index (Phi) is 4.20. The molecule has 0 radical (unpaired) electrons. The number of amides is 1. The van der Waals surface area contributed by atoms with Gasteiger partial charge in [0.25, 0.3) is 0 Å². The molecule has 1 aromatic rings. The van der Waals surface area contributed by atoms with Crippen molar-refractivity contribution in [2.45, 2.75) is 26.2 Å². The first kappa shape index (κ1) is 12.9. The summed E-state index contributed by atoms with van der Waals surface area (Å²) in [7, 11) is 0. The summed E-state index contributed by atoms with van der Waals surface area (Å²) in [4.78, 5) is 14.0. The van der Waals surface area contributed by atoms with Gasteiger partial charge in [0, 0.05) is 19.5 Å². The summed E-state index contributed by atoms with van der Waals surface area (Å²) in [5.74, 6) is 0.0970. The number of fused-ring (bicyclic) bond motifs is 1. The molecule has 3 N–H and O–H groups in total. The molecule has 0 aliphatic carbocycles. The number of nitrogens with one attached hydrogen (secondary N) is 1. The molecular formula is C14H21N3O. The van der Waals surface area contributed by atoms with Gasteiger partial charge in [-0.15, -0.1) is 0 Å². The molecule has 1 aliphatic heterocycles. The van der Waals surface area contributed by atoms with Gasteiger partial charge in [0.1, 0.15) is 0 Å². The molecular weight excluding hydrogens is 226 g/mol. The van der Waals surface area contributed by atoms with Crippen molar-refractivity contribution < 1.29 is 4.79 Å². The van der Waals surface area contributed by atoms with E-state index in [1.54, 1.807) is 0 Å². The largest absolute Gasteiger partial charge is 0.369 e. The van der Waals surface area contributed by atoms with Gasteiger partial charge in [-0.25, -0.2) is 0 Å². The van der Waals surface area contributed by atoms with Crippen LogP contribution in [0.1, 0.15) is 25.3 Å². The molecule has 0 aromatic heterocycles. The second-order valence-electron chi connectivity index (χ2n) is 4.63. The SMILES string of the molecule is CCc1ccc2c(c1)NC(=O)CCN2CCCN. The average molecular weight is 247 g/mol. The smallest absolute Gasteiger partial charge is 0.226 e. The molecule has 1 amide bonds. The van der Waals surface area contributed by atoms with E-state index in [2.05, 4.69) is 35.3 Å². The Morgan fingerprint density at radius 3 is 3.00 bits per heavy atom. The fraction of sp³-hybridized carbons (Fsp3) is 0.500. The van der Waals surface area contributed by atoms with E-state index in [-0.39, 0.29) is 5.91 Å². The summed E-state index contributed by atoms with van der Waals surface area (Å²) < 4.78 is 0. The standard InChI is InChI=1S/C14H21N3O/c1-2-11-4-5-13-12(10-11)16-14(18)6-9-17(13)8-3-7-15/h4-5,10H,2-3,6-9,15H2,1H3,(H,16,18). The predicted molar refractivity (Wildman–Crippen MR) is 75.0 cm³/mol. The number of hydrogen-bond acceptors (Lipinski definition) is 3. The van der Waals surface area contributed by atoms with Gasteiger partial charge in [-0.1, -0.05) is 13.0 Å². The van der Waals surface area contributed by atoms with Crippen molar-refractivity contribution in [2.24, 2.45) is 5.73 Å². The highest BCUT2D eigenvalue weighted by Gasteiger charge is 2.18. The quantitative estimate of drug-likeness (QED) is 0.852. The van der Waals surface area contributed by atoms with Crippen molar-refractivity contribution in [3.63, 3.8) is 0 Å². The lowest BCUT2D eigenvalue weighted by Gasteiger charge is -2.24. The zero-order chi connectivity index (χ0) is 13.0. The summed E-state index contributed by atoms with van der Waals surface area (Å²) in [6.45, 7) is 4.47. The van der Waals surface area contributed by atoms with Crippen LogP contribution in [-0.2, 0) is 11.2 Å². The lowest BCUT2D eigenvalue weighted by Crippen LogP contribution is -2.27. The molecule has 0 saturated carbocycles. The minimum absolute atomic E-state index is 0.0970. The lowest BCUT2D eigenvalue weighted by molar-refractivity contribution is -0.115. The second-order valence-corrected chi connectivity index (χ2v) is 4.63. The molecule has 0 atom stereocenters. The van der Waals surface area contributed by atoms with Gasteiger partial charge in [-0.05, 0) is 37.1 Å². The molecule has 0 bridgehead atoms. The molecule has 1 heterocycles. The van der Waals surface area contributed by atoms with E-state index in [0.29, 0.717) is 13.0 Å². The normalized spacial score (nSPS) is 15.0. The van der Waals surface area contributed by atoms with E-state index >= 15 is 0 Å². The van der Waals surface area contributed by atoms with Gasteiger partial charge in [0.15, 0.2) is 0 Å². The molecule has 4 heteroatoms. The molecule has 1 aliphatic rings. The predicted octanol–water partition coefficient (Wildman–Crippen LogP) is 1.75. The first-order valence-corrected chi connectivity index (χ1v) is 6.62. The number of nitrogens with zero attached hydrogens (tertiary/aromatic N) is 1. The third-order valence-corrected chi connectivity index (χ3v) is 3.32. The zero-order valence-corrected chi connectivity index (χ0v) is 10.9. The molecule has 0 unspecified atom stereocenters. The molecule has 1 aromatic carbocycles. The molecule has 2 rings (SSSR count). The lowest BCUT2D eigenvalue weighted by atomic mass is 10.1. The maximum atomic E-state index is 11.7. The molecule has 0 spiro atoms. The van der Waals surface area contributed by atoms with Gasteiger partial charge in [-0.2, -0.15) is 0 Å². The van der Waals surface area contributed by atoms with E-state index in [1.165, 1.54) is 5.56 Å². The van der Waals surface area contributed by atoms with Crippen molar-refractivity contribution in [1.82, 2.24) is 0 Å². The van der Waals surface area contributed by atoms with Gasteiger partial charge in [-0.3, -0.25) is 4.79 Å². The van der Waals surface area contributed by atoms with E-state index in [0.717, 1.165) is 37.3 Å². The Balaban J connectivity index is 2.29. The summed E-state index contributed by atoms with van der Waals surface area (Å²) >= 11 is 0. The van der Waals surface area contributed by atoms with E-state index in [4.69, 9.17) is 5.73 Å². The molecule has 18 heavy (non-hydrogen) atoms. The summed E-state index contributed by atoms with van der Waals surface area (Å²) in [6, 6.07) is 6.32. The number of hydrogen-bond donors (Lipinski definition) is 2. The topological polar surface area (TPSA) is 58.4 Å². The van der Waals surface area contributed by atoms with E-state index in [1.807, 2.05) is 0 Å². The van der Waals surface area contributed by atoms with Crippen molar-refractivity contribution in [3.05, 3.63) is 23.8 Å². The zero-order valence-electron chi connectivity index (χ0n) is 10.9. The van der Waals surface area contributed by atoms with Gasteiger partial charge < -0.3 is 16.0 Å². The highest BCUT2D eigenvalue weighted by Crippen LogP contribution is 2.30. The van der Waals surface area contributed by atoms with Crippen molar-refractivity contribution >= 4 is 17.3 Å². The van der Waals surface area contributed by atoms with E-state index in [9.17, 15) is 4.79 Å². The Hall–Kier alpha value is -1.55. The maximum Gasteiger partial charge on any atom is 0.226 e. The average Bonchev–Trinajstić information content (AvgIpc) is 2.54. The summed E-state index contributed by atoms with van der Waals surface area (Å²) in [5, 5.41) is 2.99. The van der Waals surface area contributed by atoms with Crippen LogP contribution in [0.5, 0.6) is 0 Å². The van der Waals surface area contributed by atoms with Gasteiger partial charge in [0.2, 0.25) is 5.91 Å². The molecule has 0 saturated heterocycles. The first-order chi connectivity index (χ1) is 8.74. The number of nitrogens with two attached hydrogens (primary N) is 1. The molecule has 98 valence electrons. The van der Waals surface area contributed by atoms with Crippen LogP contribution in [-0.4, -0.2) is 25.5 Å². The number of carbonyl (C=O) groups excluding carboxylic acids is 1. The maximum absolute atomic E-state index is 11.7. The monoisotopic (exact) mass is 247 g/mol. The van der Waals surface area contributed by atoms with Crippen LogP contribution >= 0.6 is 0 Å². The minimum Gasteiger partial charge on any atom is -0.369 e.